The molecule has 9 heteroatoms. The molecular formula is C43H38O7P2. The van der Waals surface area contributed by atoms with Gasteiger partial charge in [0.1, 0.15) is 34.0 Å². The van der Waals surface area contributed by atoms with Crippen LogP contribution >= 0.6 is 16.8 Å². The maximum Gasteiger partial charge on any atom is 0.532 e. The van der Waals surface area contributed by atoms with E-state index in [1.54, 1.807) is 6.07 Å². The van der Waals surface area contributed by atoms with Gasteiger partial charge in [-0.15, -0.1) is 0 Å². The van der Waals surface area contributed by atoms with E-state index >= 15 is 0 Å². The summed E-state index contributed by atoms with van der Waals surface area (Å²) in [6.07, 6.45) is 0. The Hall–Kier alpha value is -5.22. The molecule has 8 rings (SSSR count). The molecule has 1 aliphatic heterocycles. The lowest BCUT2D eigenvalue weighted by Gasteiger charge is -2.25. The molecular weight excluding hydrogens is 690 g/mol. The van der Waals surface area contributed by atoms with Gasteiger partial charge in [-0.2, -0.15) is 0 Å². The van der Waals surface area contributed by atoms with Crippen LogP contribution in [-0.4, -0.2) is 5.97 Å². The first-order valence-corrected chi connectivity index (χ1v) is 19.3. The van der Waals surface area contributed by atoms with Crippen LogP contribution in [-0.2, 0) is 4.52 Å². The third kappa shape index (κ3) is 6.19. The van der Waals surface area contributed by atoms with Crippen LogP contribution in [0, 0.1) is 55.4 Å². The van der Waals surface area contributed by atoms with Gasteiger partial charge in [0, 0.05) is 21.9 Å². The van der Waals surface area contributed by atoms with Crippen molar-refractivity contribution in [2.45, 2.75) is 55.4 Å². The lowest BCUT2D eigenvalue weighted by molar-refractivity contribution is 0.0697. The zero-order valence-corrected chi connectivity index (χ0v) is 32.1. The summed E-state index contributed by atoms with van der Waals surface area (Å²) < 4.78 is 38.8. The van der Waals surface area contributed by atoms with Crippen molar-refractivity contribution in [1.82, 2.24) is 0 Å². The monoisotopic (exact) mass is 728 g/mol. The number of rotatable bonds is 5. The third-order valence-electron chi connectivity index (χ3n) is 9.32. The summed E-state index contributed by atoms with van der Waals surface area (Å²) in [5.41, 5.74) is 11.6. The van der Waals surface area contributed by atoms with Crippen LogP contribution in [0.15, 0.2) is 93.3 Å². The molecule has 1 aliphatic rings. The molecule has 2 heterocycles. The number of benzene rings is 6. The van der Waals surface area contributed by atoms with Gasteiger partial charge in [-0.1, -0.05) is 48.5 Å². The minimum atomic E-state index is -2.11. The quantitative estimate of drug-likeness (QED) is 0.163. The number of aryl methyl sites for hydroxylation is 8. The molecule has 262 valence electrons. The molecule has 0 fully saturated rings. The molecule has 0 radical (unpaired) electrons. The highest BCUT2D eigenvalue weighted by atomic mass is 31.2. The maximum atomic E-state index is 13.3. The average molecular weight is 729 g/mol. The van der Waals surface area contributed by atoms with E-state index in [0.29, 0.717) is 22.8 Å². The van der Waals surface area contributed by atoms with Gasteiger partial charge in [0.15, 0.2) is 0 Å². The highest BCUT2D eigenvalue weighted by Crippen LogP contribution is 2.53. The predicted octanol–water partition coefficient (Wildman–Crippen LogP) is 13.3. The van der Waals surface area contributed by atoms with Crippen LogP contribution < -0.4 is 13.6 Å². The van der Waals surface area contributed by atoms with Crippen LogP contribution in [0.4, 0.5) is 0 Å². The number of carbonyl (C=O) groups is 1. The van der Waals surface area contributed by atoms with Crippen LogP contribution in [0.5, 0.6) is 17.2 Å². The third-order valence-corrected chi connectivity index (χ3v) is 11.3. The number of fused-ring (bicyclic) bond motifs is 5. The fourth-order valence-electron chi connectivity index (χ4n) is 7.16. The van der Waals surface area contributed by atoms with E-state index in [2.05, 4.69) is 77.1 Å². The zero-order valence-electron chi connectivity index (χ0n) is 30.3. The number of hydrogen-bond acceptors (Lipinski definition) is 7. The summed E-state index contributed by atoms with van der Waals surface area (Å²) >= 11 is 0. The Kier molecular flexibility index (Phi) is 8.53. The van der Waals surface area contributed by atoms with Crippen LogP contribution in [0.1, 0.15) is 54.9 Å². The average Bonchev–Trinajstić information content (AvgIpc) is 3.23. The summed E-state index contributed by atoms with van der Waals surface area (Å²) in [6, 6.07) is 28.2. The van der Waals surface area contributed by atoms with Crippen molar-refractivity contribution in [2.75, 3.05) is 0 Å². The SMILES string of the molecule is Cc1cc(C)c(OP2OC(=O)c3cc4ccccc4cc3O2)c(-c2cc(C)cc(C)c2Op2oc3c(C)cc(C)cc3c3cc(C)cc(C)c3o2)c1. The molecule has 7 aromatic rings. The van der Waals surface area contributed by atoms with E-state index in [1.807, 2.05) is 57.2 Å². The van der Waals surface area contributed by atoms with Crippen molar-refractivity contribution < 1.29 is 31.3 Å². The fourth-order valence-corrected chi connectivity index (χ4v) is 9.50. The molecule has 1 unspecified atom stereocenters. The van der Waals surface area contributed by atoms with Gasteiger partial charge in [-0.25, -0.2) is 4.79 Å². The fraction of sp³-hybridized carbons (Fsp3) is 0.186. The van der Waals surface area contributed by atoms with Gasteiger partial charge in [0.05, 0.1) is 0 Å². The summed E-state index contributed by atoms with van der Waals surface area (Å²) in [6.45, 7) is 16.4. The van der Waals surface area contributed by atoms with Crippen molar-refractivity contribution in [3.63, 3.8) is 0 Å². The zero-order chi connectivity index (χ0) is 36.4. The van der Waals surface area contributed by atoms with E-state index in [0.717, 1.165) is 88.3 Å². The minimum Gasteiger partial charge on any atom is -0.408 e. The summed E-state index contributed by atoms with van der Waals surface area (Å²) in [7, 11) is -4.07. The first-order valence-electron chi connectivity index (χ1n) is 17.1. The lowest BCUT2D eigenvalue weighted by atomic mass is 9.95. The van der Waals surface area contributed by atoms with Gasteiger partial charge in [-0.3, -0.25) is 0 Å². The van der Waals surface area contributed by atoms with E-state index in [1.165, 1.54) is 0 Å². The first kappa shape index (κ1) is 33.9. The largest absolute Gasteiger partial charge is 0.532 e. The van der Waals surface area contributed by atoms with Gasteiger partial charge < -0.3 is 26.5 Å². The van der Waals surface area contributed by atoms with Crippen LogP contribution in [0.2, 0.25) is 0 Å². The normalized spacial score (nSPS) is 13.9. The van der Waals surface area contributed by atoms with Gasteiger partial charge in [-0.05, 0) is 147 Å². The summed E-state index contributed by atoms with van der Waals surface area (Å²) in [4.78, 5) is 13.3. The van der Waals surface area contributed by atoms with E-state index in [-0.39, 0.29) is 0 Å². The highest BCUT2D eigenvalue weighted by molar-refractivity contribution is 7.43. The smallest absolute Gasteiger partial charge is 0.408 e. The van der Waals surface area contributed by atoms with Crippen LogP contribution in [0.3, 0.4) is 0 Å². The molecule has 0 amide bonds. The minimum absolute atomic E-state index is 0.372. The number of carbonyl (C=O) groups excluding carboxylic acids is 1. The first-order chi connectivity index (χ1) is 24.9. The van der Waals surface area contributed by atoms with Gasteiger partial charge in [0.2, 0.25) is 0 Å². The van der Waals surface area contributed by atoms with Crippen molar-refractivity contribution in [3.05, 3.63) is 135 Å². The van der Waals surface area contributed by atoms with Crippen molar-refractivity contribution in [1.29, 1.82) is 0 Å². The Labute approximate surface area is 304 Å². The molecule has 0 aliphatic carbocycles. The molecule has 0 bridgehead atoms. The van der Waals surface area contributed by atoms with Crippen LogP contribution in [0.25, 0.3) is 43.8 Å². The Morgan fingerprint density at radius 1 is 0.500 bits per heavy atom. The molecule has 0 spiro atoms. The van der Waals surface area contributed by atoms with E-state index in [9.17, 15) is 4.79 Å². The Bertz CT molecular complexity index is 2590. The standard InChI is InChI=1S/C43H38O7P2/c1-23-13-27(5)39(46-51-45-38-22-32-12-10-9-11-31(32)21-37(38)43(44)50-51)33(17-23)34-18-24(2)14-28(6)40(34)47-52-48-41-29(7)15-25(3)19-35(41)36-20-26(4)16-30(8)42(36)49-52/h9-22H,1-8H3. The van der Waals surface area contributed by atoms with Crippen molar-refractivity contribution >= 4 is 55.5 Å². The van der Waals surface area contributed by atoms with Crippen molar-refractivity contribution in [2.24, 2.45) is 0 Å². The topological polar surface area (TPSA) is 80.3 Å². The Morgan fingerprint density at radius 3 is 1.54 bits per heavy atom. The molecule has 0 saturated heterocycles. The van der Waals surface area contributed by atoms with Crippen molar-refractivity contribution in [3.8, 4) is 28.4 Å². The second-order valence-electron chi connectivity index (χ2n) is 13.8. The second kappa shape index (κ2) is 13.1. The second-order valence-corrected chi connectivity index (χ2v) is 15.8. The summed E-state index contributed by atoms with van der Waals surface area (Å²) in [5.74, 6) is 1.09. The Balaban J connectivity index is 1.26. The molecule has 0 saturated carbocycles. The summed E-state index contributed by atoms with van der Waals surface area (Å²) in [5, 5.41) is 3.86. The van der Waals surface area contributed by atoms with E-state index in [4.69, 9.17) is 26.5 Å². The molecule has 0 N–H and O–H groups in total. The molecule has 52 heavy (non-hydrogen) atoms. The van der Waals surface area contributed by atoms with Gasteiger partial charge >= 0.3 is 22.8 Å². The molecule has 1 aromatic heterocycles. The molecule has 6 aromatic carbocycles. The highest BCUT2D eigenvalue weighted by Gasteiger charge is 2.34. The lowest BCUT2D eigenvalue weighted by Crippen LogP contribution is -2.15. The van der Waals surface area contributed by atoms with Gasteiger partial charge in [0.25, 0.3) is 0 Å². The molecule has 1 atom stereocenters. The predicted molar refractivity (Wildman–Crippen MR) is 210 cm³/mol. The Morgan fingerprint density at radius 2 is 0.981 bits per heavy atom. The maximum absolute atomic E-state index is 13.3. The van der Waals surface area contributed by atoms with E-state index < -0.39 is 22.8 Å². The molecule has 7 nitrogen and oxygen atoms in total. The number of hydrogen-bond donors (Lipinski definition) is 0.